The van der Waals surface area contributed by atoms with Crippen molar-refractivity contribution in [2.45, 2.75) is 26.5 Å². The number of carbonyl (C=O) groups is 1. The zero-order valence-corrected chi connectivity index (χ0v) is 14.2. The molecule has 25 heavy (non-hydrogen) atoms. The van der Waals surface area contributed by atoms with E-state index in [2.05, 4.69) is 20.3 Å². The molecule has 0 aliphatic rings. The third-order valence-corrected chi connectivity index (χ3v) is 3.81. The topological polar surface area (TPSA) is 90.9 Å². The van der Waals surface area contributed by atoms with Crippen molar-refractivity contribution in [3.63, 3.8) is 0 Å². The van der Waals surface area contributed by atoms with E-state index in [0.717, 1.165) is 22.6 Å². The van der Waals surface area contributed by atoms with Crippen LogP contribution in [-0.4, -0.2) is 32.1 Å². The number of aromatic amines is 1. The maximum atomic E-state index is 11.6. The number of aliphatic hydroxyl groups excluding tert-OH is 1. The van der Waals surface area contributed by atoms with Crippen molar-refractivity contribution < 1.29 is 9.90 Å². The highest BCUT2D eigenvalue weighted by Crippen LogP contribution is 2.29. The maximum absolute atomic E-state index is 11.6. The molecule has 128 valence electrons. The molecule has 1 atom stereocenters. The fourth-order valence-electron chi connectivity index (χ4n) is 2.44. The largest absolute Gasteiger partial charge is 0.384 e. The van der Waals surface area contributed by atoms with Crippen LogP contribution in [0.15, 0.2) is 48.7 Å². The predicted molar refractivity (Wildman–Crippen MR) is 95.5 cm³/mol. The highest BCUT2D eigenvalue weighted by atomic mass is 16.3. The highest BCUT2D eigenvalue weighted by Gasteiger charge is 2.16. The standard InChI is InChI=1S/C19H20N4O2/c1-12-6-8-14(9-7-12)17-18(15-5-3-4-10-20-15)23-16(22-17)11-21-19(25)13(2)24/h3-10,13,24H,11H2,1-2H3,(H,21,25)(H,22,23)/t13-/m1/s1. The van der Waals surface area contributed by atoms with Crippen LogP contribution in [0.25, 0.3) is 22.6 Å². The van der Waals surface area contributed by atoms with Crippen molar-refractivity contribution in [2.75, 3.05) is 0 Å². The number of aliphatic hydroxyl groups is 1. The first-order valence-electron chi connectivity index (χ1n) is 8.07. The van der Waals surface area contributed by atoms with Gasteiger partial charge in [-0.15, -0.1) is 0 Å². The summed E-state index contributed by atoms with van der Waals surface area (Å²) in [7, 11) is 0. The van der Waals surface area contributed by atoms with Crippen LogP contribution in [0.2, 0.25) is 0 Å². The highest BCUT2D eigenvalue weighted by molar-refractivity contribution is 5.80. The minimum Gasteiger partial charge on any atom is -0.384 e. The van der Waals surface area contributed by atoms with Gasteiger partial charge in [0.2, 0.25) is 5.91 Å². The first-order valence-corrected chi connectivity index (χ1v) is 8.07. The number of hydrogen-bond acceptors (Lipinski definition) is 4. The Kier molecular flexibility index (Phi) is 4.90. The predicted octanol–water partition coefficient (Wildman–Crippen LogP) is 2.44. The fraction of sp³-hybridized carbons (Fsp3) is 0.211. The van der Waals surface area contributed by atoms with E-state index in [4.69, 9.17) is 0 Å². The molecule has 0 aliphatic carbocycles. The first kappa shape index (κ1) is 16.9. The number of benzene rings is 1. The van der Waals surface area contributed by atoms with Gasteiger partial charge in [-0.05, 0) is 26.0 Å². The van der Waals surface area contributed by atoms with Crippen molar-refractivity contribution >= 4 is 5.91 Å². The molecule has 0 saturated carbocycles. The average Bonchev–Trinajstić information content (AvgIpc) is 3.05. The van der Waals surface area contributed by atoms with E-state index in [1.807, 2.05) is 49.4 Å². The van der Waals surface area contributed by atoms with Gasteiger partial charge in [-0.2, -0.15) is 0 Å². The number of carbonyl (C=O) groups excluding carboxylic acids is 1. The molecule has 2 heterocycles. The lowest BCUT2D eigenvalue weighted by molar-refractivity contribution is -0.128. The van der Waals surface area contributed by atoms with Crippen LogP contribution < -0.4 is 5.32 Å². The second-order valence-corrected chi connectivity index (χ2v) is 5.88. The Balaban J connectivity index is 1.97. The lowest BCUT2D eigenvalue weighted by Crippen LogP contribution is -2.32. The van der Waals surface area contributed by atoms with Crippen LogP contribution in [0.5, 0.6) is 0 Å². The van der Waals surface area contributed by atoms with Gasteiger partial charge >= 0.3 is 0 Å². The molecule has 6 heteroatoms. The second kappa shape index (κ2) is 7.27. The van der Waals surface area contributed by atoms with Crippen LogP contribution in [0.1, 0.15) is 18.3 Å². The number of imidazole rings is 1. The molecule has 0 fully saturated rings. The molecule has 3 N–H and O–H groups in total. The number of pyridine rings is 1. The molecule has 3 rings (SSSR count). The van der Waals surface area contributed by atoms with Gasteiger partial charge in [-0.25, -0.2) is 4.98 Å². The summed E-state index contributed by atoms with van der Waals surface area (Å²) in [6.45, 7) is 3.66. The van der Waals surface area contributed by atoms with E-state index in [9.17, 15) is 9.90 Å². The zero-order valence-electron chi connectivity index (χ0n) is 14.2. The fourth-order valence-corrected chi connectivity index (χ4v) is 2.44. The summed E-state index contributed by atoms with van der Waals surface area (Å²) in [5.41, 5.74) is 4.49. The van der Waals surface area contributed by atoms with Crippen LogP contribution in [0, 0.1) is 6.92 Å². The van der Waals surface area contributed by atoms with Crippen LogP contribution in [0.4, 0.5) is 0 Å². The van der Waals surface area contributed by atoms with Gasteiger partial charge < -0.3 is 15.4 Å². The Morgan fingerprint density at radius 3 is 2.64 bits per heavy atom. The number of nitrogens with one attached hydrogen (secondary N) is 2. The SMILES string of the molecule is Cc1ccc(-c2nc(CNC(=O)[C@@H](C)O)[nH]c2-c2ccccn2)cc1. The Hall–Kier alpha value is -2.99. The van der Waals surface area contributed by atoms with Crippen LogP contribution >= 0.6 is 0 Å². The van der Waals surface area contributed by atoms with Crippen LogP contribution in [-0.2, 0) is 11.3 Å². The molecule has 3 aromatic rings. The van der Waals surface area contributed by atoms with Gasteiger partial charge in [0.1, 0.15) is 11.9 Å². The van der Waals surface area contributed by atoms with Gasteiger partial charge in [-0.3, -0.25) is 9.78 Å². The summed E-state index contributed by atoms with van der Waals surface area (Å²) in [5, 5.41) is 11.9. The van der Waals surface area contributed by atoms with Gasteiger partial charge in [0.05, 0.1) is 23.6 Å². The molecule has 0 unspecified atom stereocenters. The Labute approximate surface area is 146 Å². The number of aryl methyl sites for hydroxylation is 1. The van der Waals surface area contributed by atoms with Crippen molar-refractivity contribution in [3.05, 3.63) is 60.0 Å². The van der Waals surface area contributed by atoms with Crippen LogP contribution in [0.3, 0.4) is 0 Å². The summed E-state index contributed by atoms with van der Waals surface area (Å²) in [6, 6.07) is 13.8. The van der Waals surface area contributed by atoms with Crippen molar-refractivity contribution in [1.82, 2.24) is 20.3 Å². The summed E-state index contributed by atoms with van der Waals surface area (Å²) in [5.74, 6) is 0.165. The third-order valence-electron chi connectivity index (χ3n) is 3.81. The van der Waals surface area contributed by atoms with Gasteiger partial charge in [0, 0.05) is 11.8 Å². The number of aromatic nitrogens is 3. The molecule has 0 spiro atoms. The van der Waals surface area contributed by atoms with Crippen molar-refractivity contribution in [2.24, 2.45) is 0 Å². The minimum absolute atomic E-state index is 0.204. The molecule has 0 radical (unpaired) electrons. The summed E-state index contributed by atoms with van der Waals surface area (Å²) < 4.78 is 0. The molecule has 1 aromatic carbocycles. The smallest absolute Gasteiger partial charge is 0.248 e. The van der Waals surface area contributed by atoms with Gasteiger partial charge in [0.25, 0.3) is 0 Å². The maximum Gasteiger partial charge on any atom is 0.248 e. The number of H-pyrrole nitrogens is 1. The Bertz CT molecular complexity index is 855. The molecule has 6 nitrogen and oxygen atoms in total. The molecule has 0 aliphatic heterocycles. The van der Waals surface area contributed by atoms with Gasteiger partial charge in [-0.1, -0.05) is 35.9 Å². The lowest BCUT2D eigenvalue weighted by atomic mass is 10.1. The number of rotatable bonds is 5. The number of hydrogen-bond donors (Lipinski definition) is 3. The Morgan fingerprint density at radius 1 is 1.24 bits per heavy atom. The average molecular weight is 336 g/mol. The molecule has 2 aromatic heterocycles. The molecule has 0 bridgehead atoms. The quantitative estimate of drug-likeness (QED) is 0.667. The molecule has 1 amide bonds. The van der Waals surface area contributed by atoms with E-state index in [-0.39, 0.29) is 6.54 Å². The summed E-state index contributed by atoms with van der Waals surface area (Å²) in [6.07, 6.45) is 0.672. The van der Waals surface area contributed by atoms with E-state index in [1.165, 1.54) is 12.5 Å². The second-order valence-electron chi connectivity index (χ2n) is 5.88. The summed E-state index contributed by atoms with van der Waals surface area (Å²) >= 11 is 0. The van der Waals surface area contributed by atoms with Gasteiger partial charge in [0.15, 0.2) is 0 Å². The van der Waals surface area contributed by atoms with E-state index >= 15 is 0 Å². The molecular weight excluding hydrogens is 316 g/mol. The zero-order chi connectivity index (χ0) is 17.8. The van der Waals surface area contributed by atoms with Crippen molar-refractivity contribution in [3.8, 4) is 22.6 Å². The molecule has 0 saturated heterocycles. The number of nitrogens with zero attached hydrogens (tertiary/aromatic N) is 2. The Morgan fingerprint density at radius 2 is 2.00 bits per heavy atom. The van der Waals surface area contributed by atoms with E-state index in [0.29, 0.717) is 5.82 Å². The normalized spacial score (nSPS) is 12.0. The lowest BCUT2D eigenvalue weighted by Gasteiger charge is -2.04. The monoisotopic (exact) mass is 336 g/mol. The third kappa shape index (κ3) is 3.92. The minimum atomic E-state index is -1.05. The summed E-state index contributed by atoms with van der Waals surface area (Å²) in [4.78, 5) is 23.8. The van der Waals surface area contributed by atoms with Crippen molar-refractivity contribution in [1.29, 1.82) is 0 Å². The van der Waals surface area contributed by atoms with E-state index in [1.54, 1.807) is 6.20 Å². The molecular formula is C19H20N4O2. The van der Waals surface area contributed by atoms with E-state index < -0.39 is 12.0 Å². The number of amides is 1. The first-order chi connectivity index (χ1) is 12.0.